The molecule has 1 atom stereocenters. The molecule has 0 aliphatic heterocycles. The summed E-state index contributed by atoms with van der Waals surface area (Å²) in [5, 5.41) is 19.5. The summed E-state index contributed by atoms with van der Waals surface area (Å²) in [6, 6.07) is 11.4. The van der Waals surface area contributed by atoms with Crippen molar-refractivity contribution in [2.75, 3.05) is 6.54 Å². The van der Waals surface area contributed by atoms with Gasteiger partial charge in [0.25, 0.3) is 0 Å². The van der Waals surface area contributed by atoms with E-state index in [1.807, 2.05) is 30.3 Å². The lowest BCUT2D eigenvalue weighted by Crippen LogP contribution is -2.46. The second kappa shape index (κ2) is 6.59. The fourth-order valence-electron chi connectivity index (χ4n) is 2.57. The third-order valence-corrected chi connectivity index (χ3v) is 3.96. The molecule has 1 aromatic carbocycles. The number of amides is 1. The third-order valence-electron chi connectivity index (χ3n) is 3.96. The van der Waals surface area contributed by atoms with Crippen LogP contribution in [0.2, 0.25) is 0 Å². The van der Waals surface area contributed by atoms with E-state index in [1.165, 1.54) is 0 Å². The second-order valence-electron chi connectivity index (χ2n) is 7.08. The normalized spacial score (nSPS) is 17.0. The Labute approximate surface area is 137 Å². The fourth-order valence-corrected chi connectivity index (χ4v) is 2.57. The van der Waals surface area contributed by atoms with Gasteiger partial charge in [-0.2, -0.15) is 5.26 Å². The highest BCUT2D eigenvalue weighted by Gasteiger charge is 2.51. The van der Waals surface area contributed by atoms with E-state index in [2.05, 4.69) is 6.07 Å². The van der Waals surface area contributed by atoms with Crippen molar-refractivity contribution < 1.29 is 14.6 Å². The number of ether oxygens (including phenoxy) is 1. The monoisotopic (exact) mass is 316 g/mol. The summed E-state index contributed by atoms with van der Waals surface area (Å²) in [6.45, 7) is 5.54. The molecule has 0 bridgehead atoms. The van der Waals surface area contributed by atoms with Crippen molar-refractivity contribution in [3.05, 3.63) is 35.9 Å². The van der Waals surface area contributed by atoms with Crippen LogP contribution in [0, 0.1) is 11.3 Å². The molecule has 1 amide bonds. The quantitative estimate of drug-likeness (QED) is 0.903. The smallest absolute Gasteiger partial charge is 0.410 e. The summed E-state index contributed by atoms with van der Waals surface area (Å²) in [5.41, 5.74) is -0.364. The van der Waals surface area contributed by atoms with E-state index in [0.717, 1.165) is 18.4 Å². The number of hydrogen-bond donors (Lipinski definition) is 1. The topological polar surface area (TPSA) is 73.6 Å². The van der Waals surface area contributed by atoms with Gasteiger partial charge < -0.3 is 9.84 Å². The number of nitrogens with zero attached hydrogens (tertiary/aromatic N) is 2. The summed E-state index contributed by atoms with van der Waals surface area (Å²) in [7, 11) is 0. The minimum Gasteiger partial charge on any atom is -0.444 e. The van der Waals surface area contributed by atoms with Crippen LogP contribution in [0.5, 0.6) is 0 Å². The maximum atomic E-state index is 12.6. The van der Waals surface area contributed by atoms with Gasteiger partial charge in [0, 0.05) is 0 Å². The molecule has 0 saturated heterocycles. The van der Waals surface area contributed by atoms with Crippen LogP contribution >= 0.6 is 0 Å². The number of carbonyl (C=O) groups is 1. The Kier molecular flexibility index (Phi) is 4.96. The third kappa shape index (κ3) is 4.46. The highest BCUT2D eigenvalue weighted by atomic mass is 16.6. The Morgan fingerprint density at radius 1 is 1.39 bits per heavy atom. The Morgan fingerprint density at radius 2 is 2.00 bits per heavy atom. The fraction of sp³-hybridized carbons (Fsp3) is 0.556. The Bertz CT molecular complexity index is 583. The van der Waals surface area contributed by atoms with E-state index < -0.39 is 23.3 Å². The summed E-state index contributed by atoms with van der Waals surface area (Å²) in [4.78, 5) is 14.1. The van der Waals surface area contributed by atoms with Gasteiger partial charge in [-0.25, -0.2) is 4.79 Å². The molecule has 1 aliphatic rings. The molecular weight excluding hydrogens is 292 g/mol. The van der Waals surface area contributed by atoms with Crippen LogP contribution < -0.4 is 0 Å². The van der Waals surface area contributed by atoms with E-state index in [9.17, 15) is 9.90 Å². The van der Waals surface area contributed by atoms with Gasteiger partial charge >= 0.3 is 6.09 Å². The minimum absolute atomic E-state index is 0.126. The molecule has 1 aromatic rings. The van der Waals surface area contributed by atoms with E-state index in [0.29, 0.717) is 0 Å². The van der Waals surface area contributed by atoms with Gasteiger partial charge in [0.05, 0.1) is 30.7 Å². The molecule has 1 saturated carbocycles. The zero-order valence-corrected chi connectivity index (χ0v) is 14.0. The van der Waals surface area contributed by atoms with Crippen LogP contribution in [-0.2, 0) is 4.74 Å². The molecule has 0 spiro atoms. The average molecular weight is 316 g/mol. The molecule has 0 aromatic heterocycles. The van der Waals surface area contributed by atoms with Gasteiger partial charge in [-0.1, -0.05) is 30.3 Å². The summed E-state index contributed by atoms with van der Waals surface area (Å²) < 4.78 is 5.48. The van der Waals surface area contributed by atoms with Crippen molar-refractivity contribution in [2.24, 2.45) is 0 Å². The highest BCUT2D eigenvalue weighted by Crippen LogP contribution is 2.45. The van der Waals surface area contributed by atoms with Crippen molar-refractivity contribution in [1.82, 2.24) is 4.90 Å². The molecular formula is C18H24N2O3. The van der Waals surface area contributed by atoms with Gasteiger partial charge in [-0.15, -0.1) is 0 Å². The average Bonchev–Trinajstić information content (AvgIpc) is 3.24. The van der Waals surface area contributed by atoms with Crippen LogP contribution in [0.15, 0.2) is 30.3 Å². The summed E-state index contributed by atoms with van der Waals surface area (Å²) >= 11 is 0. The maximum Gasteiger partial charge on any atom is 0.410 e. The molecule has 0 heterocycles. The van der Waals surface area contributed by atoms with E-state index in [4.69, 9.17) is 10.00 Å². The van der Waals surface area contributed by atoms with Crippen LogP contribution in [0.25, 0.3) is 0 Å². The van der Waals surface area contributed by atoms with Crippen LogP contribution in [0.4, 0.5) is 4.79 Å². The van der Waals surface area contributed by atoms with Crippen molar-refractivity contribution >= 4 is 6.09 Å². The molecule has 23 heavy (non-hydrogen) atoms. The zero-order chi connectivity index (χ0) is 17.1. The van der Waals surface area contributed by atoms with Gasteiger partial charge in [0.2, 0.25) is 0 Å². The molecule has 1 fully saturated rings. The molecule has 2 rings (SSSR count). The first-order valence-corrected chi connectivity index (χ1v) is 7.88. The SMILES string of the molecule is CC(C)(C)OC(=O)N(CC(O)c1ccccc1)C1(CC#N)CC1. The molecule has 5 heteroatoms. The predicted molar refractivity (Wildman–Crippen MR) is 86.5 cm³/mol. The Balaban J connectivity index is 2.17. The number of hydrogen-bond acceptors (Lipinski definition) is 4. The van der Waals surface area contributed by atoms with E-state index >= 15 is 0 Å². The van der Waals surface area contributed by atoms with Gasteiger partial charge in [0.1, 0.15) is 5.60 Å². The van der Waals surface area contributed by atoms with Crippen molar-refractivity contribution in [3.63, 3.8) is 0 Å². The Hall–Kier alpha value is -2.06. The standard InChI is InChI=1S/C18H24N2O3/c1-17(2,3)23-16(22)20(18(9-10-18)11-12-19)13-15(21)14-7-5-4-6-8-14/h4-8,15,21H,9-11,13H2,1-3H3. The second-order valence-corrected chi connectivity index (χ2v) is 7.08. The first kappa shape index (κ1) is 17.3. The highest BCUT2D eigenvalue weighted by molar-refractivity contribution is 5.70. The summed E-state index contributed by atoms with van der Waals surface area (Å²) in [5.74, 6) is 0. The lowest BCUT2D eigenvalue weighted by atomic mass is 10.1. The predicted octanol–water partition coefficient (Wildman–Crippen LogP) is 3.40. The lowest BCUT2D eigenvalue weighted by Gasteiger charge is -2.34. The maximum absolute atomic E-state index is 12.6. The van der Waals surface area contributed by atoms with Gasteiger partial charge in [0.15, 0.2) is 0 Å². The zero-order valence-electron chi connectivity index (χ0n) is 14.0. The molecule has 1 aliphatic carbocycles. The number of carbonyl (C=O) groups excluding carboxylic acids is 1. The number of β-amino-alcohol motifs (C(OH)–C–C–N with tert-alkyl or cyclic N) is 1. The number of aliphatic hydroxyl groups is 1. The van der Waals surface area contributed by atoms with Crippen LogP contribution in [0.1, 0.15) is 51.7 Å². The first-order chi connectivity index (χ1) is 10.8. The van der Waals surface area contributed by atoms with Gasteiger partial charge in [-0.05, 0) is 39.2 Å². The van der Waals surface area contributed by atoms with E-state index in [1.54, 1.807) is 25.7 Å². The van der Waals surface area contributed by atoms with Crippen LogP contribution in [0.3, 0.4) is 0 Å². The molecule has 0 radical (unpaired) electrons. The van der Waals surface area contributed by atoms with Crippen molar-refractivity contribution in [1.29, 1.82) is 5.26 Å². The first-order valence-electron chi connectivity index (χ1n) is 7.88. The molecule has 1 N–H and O–H groups in total. The molecule has 124 valence electrons. The van der Waals surface area contributed by atoms with Gasteiger partial charge in [-0.3, -0.25) is 4.90 Å². The largest absolute Gasteiger partial charge is 0.444 e. The molecule has 5 nitrogen and oxygen atoms in total. The minimum atomic E-state index is -0.806. The molecule has 1 unspecified atom stereocenters. The summed E-state index contributed by atoms with van der Waals surface area (Å²) in [6.07, 6.45) is 0.510. The number of benzene rings is 1. The lowest BCUT2D eigenvalue weighted by molar-refractivity contribution is 0.000227. The number of nitriles is 1. The van der Waals surface area contributed by atoms with Crippen molar-refractivity contribution in [3.8, 4) is 6.07 Å². The van der Waals surface area contributed by atoms with E-state index in [-0.39, 0.29) is 13.0 Å². The van der Waals surface area contributed by atoms with Crippen LogP contribution in [-0.4, -0.2) is 33.8 Å². The number of rotatable bonds is 5. The Morgan fingerprint density at radius 3 is 2.48 bits per heavy atom. The van der Waals surface area contributed by atoms with Crippen molar-refractivity contribution in [2.45, 2.75) is 57.3 Å². The number of aliphatic hydroxyl groups excluding tert-OH is 1.